The number of imidazole rings is 1. The Bertz CT molecular complexity index is 2930. The summed E-state index contributed by atoms with van der Waals surface area (Å²) in [5.41, 5.74) is 13.8. The van der Waals surface area contributed by atoms with Crippen LogP contribution in [0.3, 0.4) is 0 Å². The Balaban J connectivity index is 0.996. The molecule has 10 rings (SSSR count). The van der Waals surface area contributed by atoms with Crippen LogP contribution in [0.2, 0.25) is 0 Å². The van der Waals surface area contributed by atoms with E-state index < -0.39 is 0 Å². The van der Waals surface area contributed by atoms with Crippen molar-refractivity contribution in [3.8, 4) is 39.6 Å². The highest BCUT2D eigenvalue weighted by molar-refractivity contribution is 6.10. The van der Waals surface area contributed by atoms with E-state index in [1.165, 1.54) is 16.3 Å². The van der Waals surface area contributed by atoms with E-state index in [9.17, 15) is 0 Å². The Hall–Kier alpha value is -7.31. The molecule has 0 saturated carbocycles. The number of rotatable bonds is 7. The van der Waals surface area contributed by atoms with Crippen molar-refractivity contribution in [2.45, 2.75) is 0 Å². The Morgan fingerprint density at radius 2 is 1.31 bits per heavy atom. The largest absolute Gasteiger partial charge is 0.488 e. The standard InChI is InChI=1S/C48H33N5O/c1-32(9-8-10-36-30-54-47-16-7-3-11-40(36)47)35-21-26-45-42(27-35)41-12-2-5-14-44(41)52(45)38-22-24-39(25-23-38)53-46-15-6-4-13-43(46)51-48(53)34-19-17-33(18-20-34)37-28-49-31-50-29-37/h2-29,31H,1,30H2/b9-8-,36-10+. The molecule has 0 saturated heterocycles. The zero-order valence-corrected chi connectivity index (χ0v) is 29.3. The molecule has 9 aromatic rings. The van der Waals surface area contributed by atoms with E-state index in [0.29, 0.717) is 6.61 Å². The molecule has 6 heteroatoms. The van der Waals surface area contributed by atoms with E-state index in [1.807, 2.05) is 36.7 Å². The fourth-order valence-electron chi connectivity index (χ4n) is 7.55. The maximum atomic E-state index is 5.83. The van der Waals surface area contributed by atoms with E-state index in [0.717, 1.165) is 78.4 Å². The lowest BCUT2D eigenvalue weighted by Gasteiger charge is -2.13. The highest BCUT2D eigenvalue weighted by Crippen LogP contribution is 2.36. The third-order valence-corrected chi connectivity index (χ3v) is 10.2. The monoisotopic (exact) mass is 695 g/mol. The van der Waals surface area contributed by atoms with Crippen molar-refractivity contribution in [2.75, 3.05) is 6.61 Å². The molecule has 0 radical (unpaired) electrons. The highest BCUT2D eigenvalue weighted by atomic mass is 16.5. The summed E-state index contributed by atoms with van der Waals surface area (Å²) in [6.07, 6.45) is 11.5. The van der Waals surface area contributed by atoms with Crippen molar-refractivity contribution in [1.29, 1.82) is 0 Å². The van der Waals surface area contributed by atoms with Crippen LogP contribution in [0.5, 0.6) is 5.75 Å². The van der Waals surface area contributed by atoms with Crippen LogP contribution in [-0.2, 0) is 0 Å². The number of allylic oxidation sites excluding steroid dienone is 4. The first kappa shape index (κ1) is 31.4. The molecule has 0 fully saturated rings. The van der Waals surface area contributed by atoms with Crippen LogP contribution in [0.25, 0.3) is 77.9 Å². The molecule has 0 unspecified atom stereocenters. The maximum absolute atomic E-state index is 5.83. The summed E-state index contributed by atoms with van der Waals surface area (Å²) in [5.74, 6) is 1.82. The van der Waals surface area contributed by atoms with E-state index in [2.05, 4.69) is 159 Å². The van der Waals surface area contributed by atoms with Gasteiger partial charge in [-0.3, -0.25) is 4.57 Å². The average Bonchev–Trinajstić information content (AvgIpc) is 3.93. The number of hydrogen-bond donors (Lipinski definition) is 0. The van der Waals surface area contributed by atoms with Gasteiger partial charge in [-0.05, 0) is 77.4 Å². The van der Waals surface area contributed by atoms with Gasteiger partial charge >= 0.3 is 0 Å². The molecule has 0 atom stereocenters. The number of para-hydroxylation sites is 4. The van der Waals surface area contributed by atoms with Gasteiger partial charge in [-0.25, -0.2) is 15.0 Å². The van der Waals surface area contributed by atoms with Crippen molar-refractivity contribution in [2.24, 2.45) is 0 Å². The molecular weight excluding hydrogens is 663 g/mol. The maximum Gasteiger partial charge on any atom is 0.145 e. The zero-order valence-electron chi connectivity index (χ0n) is 29.3. The minimum absolute atomic E-state index is 0.585. The molecule has 0 amide bonds. The Morgan fingerprint density at radius 1 is 0.630 bits per heavy atom. The highest BCUT2D eigenvalue weighted by Gasteiger charge is 2.18. The van der Waals surface area contributed by atoms with Crippen molar-refractivity contribution < 1.29 is 4.74 Å². The van der Waals surface area contributed by atoms with Gasteiger partial charge in [0.25, 0.3) is 0 Å². The molecule has 1 aliphatic rings. The predicted octanol–water partition coefficient (Wildman–Crippen LogP) is 11.3. The molecule has 0 aliphatic carbocycles. The summed E-state index contributed by atoms with van der Waals surface area (Å²) in [5, 5.41) is 2.39. The van der Waals surface area contributed by atoms with Crippen LogP contribution in [0, 0.1) is 0 Å². The molecule has 0 bridgehead atoms. The molecule has 4 heterocycles. The molecule has 1 aliphatic heterocycles. The molecule has 54 heavy (non-hydrogen) atoms. The second-order valence-corrected chi connectivity index (χ2v) is 13.4. The average molecular weight is 696 g/mol. The first-order valence-corrected chi connectivity index (χ1v) is 18.0. The number of ether oxygens (including phenoxy) is 1. The van der Waals surface area contributed by atoms with Gasteiger partial charge in [0.2, 0.25) is 0 Å². The third-order valence-electron chi connectivity index (χ3n) is 10.2. The van der Waals surface area contributed by atoms with Crippen LogP contribution in [0.4, 0.5) is 0 Å². The normalized spacial score (nSPS) is 13.3. The number of nitrogens with zero attached hydrogens (tertiary/aromatic N) is 5. The van der Waals surface area contributed by atoms with Gasteiger partial charge in [0, 0.05) is 56.8 Å². The lowest BCUT2D eigenvalue weighted by atomic mass is 10.0. The summed E-state index contributed by atoms with van der Waals surface area (Å²) in [4.78, 5) is 13.5. The summed E-state index contributed by atoms with van der Waals surface area (Å²) in [7, 11) is 0. The van der Waals surface area contributed by atoms with Gasteiger partial charge in [-0.15, -0.1) is 0 Å². The SMILES string of the molecule is C=C(/C=C\C=C1/COc2ccccc21)c1ccc2c(c1)c1ccccc1n2-c1ccc(-n2c(-c3ccc(-c4cncnc4)cc3)nc3ccccc32)cc1. The summed E-state index contributed by atoms with van der Waals surface area (Å²) < 4.78 is 10.4. The number of fused-ring (bicyclic) bond motifs is 5. The molecule has 6 aromatic carbocycles. The van der Waals surface area contributed by atoms with Crippen LogP contribution in [0.15, 0.2) is 183 Å². The first-order chi connectivity index (χ1) is 26.7. The van der Waals surface area contributed by atoms with Crippen LogP contribution in [-0.4, -0.2) is 30.7 Å². The van der Waals surface area contributed by atoms with E-state index in [1.54, 1.807) is 6.33 Å². The van der Waals surface area contributed by atoms with Crippen molar-refractivity contribution in [1.82, 2.24) is 24.1 Å². The lowest BCUT2D eigenvalue weighted by molar-refractivity contribution is 0.388. The van der Waals surface area contributed by atoms with Gasteiger partial charge in [-0.2, -0.15) is 0 Å². The first-order valence-electron chi connectivity index (χ1n) is 18.0. The van der Waals surface area contributed by atoms with Gasteiger partial charge in [0.15, 0.2) is 0 Å². The van der Waals surface area contributed by atoms with Gasteiger partial charge in [0.1, 0.15) is 24.5 Å². The van der Waals surface area contributed by atoms with E-state index in [-0.39, 0.29) is 0 Å². The van der Waals surface area contributed by atoms with Crippen molar-refractivity contribution in [3.63, 3.8) is 0 Å². The second-order valence-electron chi connectivity index (χ2n) is 13.4. The molecule has 3 aromatic heterocycles. The topological polar surface area (TPSA) is 57.8 Å². The molecule has 0 N–H and O–H groups in total. The summed E-state index contributed by atoms with van der Waals surface area (Å²) in [6, 6.07) is 48.9. The number of benzene rings is 6. The summed E-state index contributed by atoms with van der Waals surface area (Å²) in [6.45, 7) is 5.01. The van der Waals surface area contributed by atoms with Gasteiger partial charge < -0.3 is 9.30 Å². The minimum atomic E-state index is 0.585. The molecule has 0 spiro atoms. The fraction of sp³-hybridized carbons (Fsp3) is 0.0208. The predicted molar refractivity (Wildman–Crippen MR) is 220 cm³/mol. The lowest BCUT2D eigenvalue weighted by Crippen LogP contribution is -1.99. The van der Waals surface area contributed by atoms with Crippen molar-refractivity contribution >= 4 is 44.0 Å². The Kier molecular flexibility index (Phi) is 7.58. The smallest absolute Gasteiger partial charge is 0.145 e. The number of hydrogen-bond acceptors (Lipinski definition) is 4. The summed E-state index contributed by atoms with van der Waals surface area (Å²) >= 11 is 0. The van der Waals surface area contributed by atoms with Crippen molar-refractivity contribution in [3.05, 3.63) is 194 Å². The van der Waals surface area contributed by atoms with E-state index >= 15 is 0 Å². The second kappa shape index (κ2) is 13.0. The molecular formula is C48H33N5O. The van der Waals surface area contributed by atoms with Crippen LogP contribution < -0.4 is 4.74 Å². The Morgan fingerprint density at radius 3 is 2.15 bits per heavy atom. The molecule has 6 nitrogen and oxygen atoms in total. The van der Waals surface area contributed by atoms with Crippen LogP contribution >= 0.6 is 0 Å². The number of aromatic nitrogens is 5. The Labute approximate surface area is 312 Å². The van der Waals surface area contributed by atoms with Gasteiger partial charge in [0.05, 0.1) is 22.1 Å². The van der Waals surface area contributed by atoms with Gasteiger partial charge in [-0.1, -0.05) is 104 Å². The third kappa shape index (κ3) is 5.40. The van der Waals surface area contributed by atoms with Crippen LogP contribution in [0.1, 0.15) is 11.1 Å². The molecule has 256 valence electrons. The quantitative estimate of drug-likeness (QED) is 0.156. The minimum Gasteiger partial charge on any atom is -0.488 e. The van der Waals surface area contributed by atoms with E-state index in [4.69, 9.17) is 9.72 Å². The zero-order chi connectivity index (χ0) is 36.0. The fourth-order valence-corrected chi connectivity index (χ4v) is 7.55.